The van der Waals surface area contributed by atoms with Crippen molar-refractivity contribution in [1.29, 1.82) is 0 Å². The Hall–Kier alpha value is -1.81. The zero-order valence-electron chi connectivity index (χ0n) is 12.3. The molecule has 0 aliphatic rings. The van der Waals surface area contributed by atoms with E-state index in [-0.39, 0.29) is 9.64 Å². The van der Waals surface area contributed by atoms with Crippen molar-refractivity contribution in [1.82, 2.24) is 4.98 Å². The molecule has 3 rings (SSSR count). The van der Waals surface area contributed by atoms with Crippen LogP contribution in [0.5, 0.6) is 0 Å². The third kappa shape index (κ3) is 3.13. The molecule has 9 heteroatoms. The van der Waals surface area contributed by atoms with Gasteiger partial charge in [-0.05, 0) is 43.7 Å². The minimum atomic E-state index is -3.72. The van der Waals surface area contributed by atoms with Crippen LogP contribution in [0.3, 0.4) is 0 Å². The van der Waals surface area contributed by atoms with E-state index >= 15 is 0 Å². The molecule has 0 saturated carbocycles. The predicted octanol–water partition coefficient (Wildman–Crippen LogP) is 2.73. The van der Waals surface area contributed by atoms with Gasteiger partial charge in [-0.25, -0.2) is 18.5 Å². The first-order chi connectivity index (χ1) is 10.8. The lowest BCUT2D eigenvalue weighted by molar-refractivity contribution is 0.598. The van der Waals surface area contributed by atoms with Crippen molar-refractivity contribution in [3.05, 3.63) is 44.2 Å². The molecule has 0 aliphatic carbocycles. The quantitative estimate of drug-likeness (QED) is 0.741. The van der Waals surface area contributed by atoms with Crippen molar-refractivity contribution in [2.45, 2.75) is 18.7 Å². The maximum Gasteiger partial charge on any atom is 0.246 e. The molecular weight excluding hydrogens is 354 g/mol. The average Bonchev–Trinajstić information content (AvgIpc) is 2.74. The Morgan fingerprint density at radius 2 is 1.78 bits per heavy atom. The summed E-state index contributed by atoms with van der Waals surface area (Å²) in [5.74, 6) is 0. The Kier molecular flexibility index (Phi) is 3.96. The van der Waals surface area contributed by atoms with Crippen LogP contribution in [0, 0.1) is 13.8 Å². The number of nitrogens with two attached hydrogens (primary N) is 1. The number of primary sulfonamides is 1. The molecule has 2 heterocycles. The van der Waals surface area contributed by atoms with Gasteiger partial charge in [0.05, 0.1) is 10.3 Å². The molecule has 0 amide bonds. The maximum atomic E-state index is 12.3. The fourth-order valence-corrected chi connectivity index (χ4v) is 4.59. The van der Waals surface area contributed by atoms with Gasteiger partial charge in [0.25, 0.3) is 0 Å². The number of fused-ring (bicyclic) bond motifs is 1. The summed E-state index contributed by atoms with van der Waals surface area (Å²) >= 11 is 2.51. The van der Waals surface area contributed by atoms with Gasteiger partial charge >= 0.3 is 0 Å². The Bertz CT molecular complexity index is 1050. The second-order valence-corrected chi connectivity index (χ2v) is 8.69. The molecule has 0 bridgehead atoms. The molecule has 2 aromatic heterocycles. The SMILES string of the molecule is Cc1sc2nc(Nc3ccc(S(N)(=O)=O)cc3)sc(=O)c2c1C. The summed E-state index contributed by atoms with van der Waals surface area (Å²) in [5, 5.41) is 9.22. The second-order valence-electron chi connectivity index (χ2n) is 4.96. The number of aromatic nitrogens is 1. The number of aryl methyl sites for hydroxylation is 2. The first-order valence-electron chi connectivity index (χ1n) is 6.56. The van der Waals surface area contributed by atoms with Gasteiger partial charge < -0.3 is 5.32 Å². The minimum Gasteiger partial charge on any atom is -0.331 e. The standard InChI is InChI=1S/C14H13N3O3S3/c1-7-8(2)21-12-11(7)13(18)22-14(17-12)16-9-3-5-10(6-4-9)23(15,19)20/h3-6H,1-2H3,(H,16,17)(H2,15,19,20). The molecule has 0 spiro atoms. The van der Waals surface area contributed by atoms with Crippen LogP contribution in [-0.4, -0.2) is 13.4 Å². The first kappa shape index (κ1) is 16.1. The highest BCUT2D eigenvalue weighted by Crippen LogP contribution is 2.29. The van der Waals surface area contributed by atoms with E-state index < -0.39 is 10.0 Å². The van der Waals surface area contributed by atoms with E-state index in [1.807, 2.05) is 13.8 Å². The number of anilines is 2. The smallest absolute Gasteiger partial charge is 0.246 e. The largest absolute Gasteiger partial charge is 0.331 e. The van der Waals surface area contributed by atoms with E-state index in [0.29, 0.717) is 21.0 Å². The van der Waals surface area contributed by atoms with Crippen LogP contribution in [0.25, 0.3) is 10.2 Å². The van der Waals surface area contributed by atoms with Gasteiger partial charge in [-0.2, -0.15) is 0 Å². The van der Waals surface area contributed by atoms with Crippen LogP contribution in [0.4, 0.5) is 10.8 Å². The summed E-state index contributed by atoms with van der Waals surface area (Å²) in [7, 11) is -3.72. The van der Waals surface area contributed by atoms with Gasteiger partial charge in [-0.3, -0.25) is 4.79 Å². The number of hydrogen-bond donors (Lipinski definition) is 2. The van der Waals surface area contributed by atoms with E-state index in [4.69, 9.17) is 5.14 Å². The number of rotatable bonds is 3. The first-order valence-corrected chi connectivity index (χ1v) is 9.74. The fraction of sp³-hybridized carbons (Fsp3) is 0.143. The molecule has 3 N–H and O–H groups in total. The Morgan fingerprint density at radius 3 is 2.39 bits per heavy atom. The zero-order chi connectivity index (χ0) is 16.8. The van der Waals surface area contributed by atoms with Crippen LogP contribution < -0.4 is 15.2 Å². The summed E-state index contributed by atoms with van der Waals surface area (Å²) < 4.78 is 22.4. The fourth-order valence-electron chi connectivity index (χ4n) is 2.09. The van der Waals surface area contributed by atoms with Gasteiger partial charge in [0.15, 0.2) is 5.13 Å². The molecule has 0 saturated heterocycles. The third-order valence-electron chi connectivity index (χ3n) is 3.40. The van der Waals surface area contributed by atoms with E-state index in [9.17, 15) is 13.2 Å². The van der Waals surface area contributed by atoms with E-state index in [1.54, 1.807) is 12.1 Å². The highest BCUT2D eigenvalue weighted by atomic mass is 32.2. The zero-order valence-corrected chi connectivity index (χ0v) is 14.7. The molecule has 23 heavy (non-hydrogen) atoms. The maximum absolute atomic E-state index is 12.3. The normalized spacial score (nSPS) is 11.8. The van der Waals surface area contributed by atoms with Crippen molar-refractivity contribution in [3.8, 4) is 0 Å². The van der Waals surface area contributed by atoms with Crippen LogP contribution in [0.2, 0.25) is 0 Å². The van der Waals surface area contributed by atoms with Crippen molar-refractivity contribution in [2.24, 2.45) is 5.14 Å². The molecule has 0 fully saturated rings. The second kappa shape index (κ2) is 5.68. The summed E-state index contributed by atoms with van der Waals surface area (Å²) in [6.07, 6.45) is 0. The molecule has 3 aromatic rings. The topological polar surface area (TPSA) is 102 Å². The molecule has 6 nitrogen and oxygen atoms in total. The summed E-state index contributed by atoms with van der Waals surface area (Å²) in [4.78, 5) is 18.5. The highest BCUT2D eigenvalue weighted by Gasteiger charge is 2.13. The monoisotopic (exact) mass is 367 g/mol. The minimum absolute atomic E-state index is 0.0316. The van der Waals surface area contributed by atoms with Crippen LogP contribution >= 0.6 is 22.7 Å². The van der Waals surface area contributed by atoms with Gasteiger partial charge in [0, 0.05) is 10.6 Å². The van der Waals surface area contributed by atoms with Crippen molar-refractivity contribution in [2.75, 3.05) is 5.32 Å². The Balaban J connectivity index is 1.97. The van der Waals surface area contributed by atoms with Crippen molar-refractivity contribution >= 4 is 53.7 Å². The summed E-state index contributed by atoms with van der Waals surface area (Å²) in [6, 6.07) is 5.96. The Morgan fingerprint density at radius 1 is 1.13 bits per heavy atom. The molecule has 0 unspecified atom stereocenters. The van der Waals surface area contributed by atoms with Crippen LogP contribution in [-0.2, 0) is 10.0 Å². The van der Waals surface area contributed by atoms with Gasteiger partial charge in [-0.1, -0.05) is 11.3 Å². The molecule has 0 aliphatic heterocycles. The van der Waals surface area contributed by atoms with Crippen molar-refractivity contribution < 1.29 is 8.42 Å². The van der Waals surface area contributed by atoms with Gasteiger partial charge in [0.1, 0.15) is 4.83 Å². The Labute approximate surface area is 140 Å². The van der Waals surface area contributed by atoms with E-state index in [1.165, 1.54) is 23.5 Å². The number of sulfonamides is 1. The van der Waals surface area contributed by atoms with Gasteiger partial charge in [0.2, 0.25) is 14.8 Å². The lowest BCUT2D eigenvalue weighted by Gasteiger charge is -2.05. The molecule has 0 atom stereocenters. The number of nitrogens with one attached hydrogen (secondary N) is 1. The third-order valence-corrected chi connectivity index (χ3v) is 6.20. The molecule has 120 valence electrons. The van der Waals surface area contributed by atoms with Crippen LogP contribution in [0.15, 0.2) is 34.0 Å². The molecule has 1 aromatic carbocycles. The lowest BCUT2D eigenvalue weighted by Crippen LogP contribution is -2.11. The van der Waals surface area contributed by atoms with Gasteiger partial charge in [-0.15, -0.1) is 11.3 Å². The number of nitrogens with zero attached hydrogens (tertiary/aromatic N) is 1. The van der Waals surface area contributed by atoms with Crippen LogP contribution in [0.1, 0.15) is 10.4 Å². The van der Waals surface area contributed by atoms with E-state index in [2.05, 4.69) is 10.3 Å². The van der Waals surface area contributed by atoms with E-state index in [0.717, 1.165) is 21.8 Å². The predicted molar refractivity (Wildman–Crippen MR) is 94.3 cm³/mol. The highest BCUT2D eigenvalue weighted by molar-refractivity contribution is 7.89. The van der Waals surface area contributed by atoms with Crippen molar-refractivity contribution in [3.63, 3.8) is 0 Å². The number of benzene rings is 1. The molecule has 0 radical (unpaired) electrons. The average molecular weight is 367 g/mol. The molecular formula is C14H13N3O3S3. The lowest BCUT2D eigenvalue weighted by atomic mass is 10.2. The number of hydrogen-bond acceptors (Lipinski definition) is 7. The summed E-state index contributed by atoms with van der Waals surface area (Å²) in [6.45, 7) is 3.88. The number of thiophene rings is 1. The summed E-state index contributed by atoms with van der Waals surface area (Å²) in [5.41, 5.74) is 1.60.